The van der Waals surface area contributed by atoms with Gasteiger partial charge in [-0.05, 0) is 102 Å². The third-order valence-electron chi connectivity index (χ3n) is 8.09. The van der Waals surface area contributed by atoms with Crippen LogP contribution in [0, 0.1) is 17.3 Å². The smallest absolute Gasteiger partial charge is 0.387 e. The fraction of sp³-hybridized carbons (Fsp3) is 0.444. The molecule has 0 spiro atoms. The Hall–Kier alpha value is -2.89. The molecule has 3 aliphatic rings. The molecular weight excluding hydrogens is 426 g/mol. The van der Waals surface area contributed by atoms with Crippen molar-refractivity contribution in [1.29, 1.82) is 0 Å². The average Bonchev–Trinajstić information content (AvgIpc) is 3.04. The molecule has 3 aliphatic carbocycles. The molecule has 4 unspecified atom stereocenters. The van der Waals surface area contributed by atoms with E-state index in [4.69, 9.17) is 4.74 Å². The molecule has 0 aromatic heterocycles. The first-order chi connectivity index (χ1) is 15.8. The van der Waals surface area contributed by atoms with Crippen LogP contribution in [0.2, 0.25) is 0 Å². The lowest BCUT2D eigenvalue weighted by atomic mass is 9.55. The molecule has 6 heteroatoms. The van der Waals surface area contributed by atoms with Crippen molar-refractivity contribution in [3.05, 3.63) is 58.7 Å². The van der Waals surface area contributed by atoms with Crippen LogP contribution in [0.1, 0.15) is 55.2 Å². The van der Waals surface area contributed by atoms with Gasteiger partial charge in [-0.1, -0.05) is 19.1 Å². The lowest BCUT2D eigenvalue weighted by Gasteiger charge is -2.48. The van der Waals surface area contributed by atoms with Gasteiger partial charge in [0.15, 0.2) is 17.3 Å². The summed E-state index contributed by atoms with van der Waals surface area (Å²) in [5, 5.41) is 9.88. The summed E-state index contributed by atoms with van der Waals surface area (Å²) in [5.41, 5.74) is 3.72. The molecule has 0 radical (unpaired) electrons. The number of ketones is 1. The summed E-state index contributed by atoms with van der Waals surface area (Å²) in [6, 6.07) is 10.5. The van der Waals surface area contributed by atoms with Crippen LogP contribution < -0.4 is 9.47 Å². The van der Waals surface area contributed by atoms with Gasteiger partial charge < -0.3 is 14.6 Å². The van der Waals surface area contributed by atoms with E-state index in [9.17, 15) is 18.7 Å². The maximum Gasteiger partial charge on any atom is 0.387 e. The Morgan fingerprint density at radius 3 is 2.73 bits per heavy atom. The third kappa shape index (κ3) is 3.69. The second-order valence-electron chi connectivity index (χ2n) is 9.75. The van der Waals surface area contributed by atoms with E-state index in [1.54, 1.807) is 18.2 Å². The van der Waals surface area contributed by atoms with Crippen LogP contribution in [0.3, 0.4) is 0 Å². The number of hydrogen-bond acceptors (Lipinski definition) is 4. The number of carbonyl (C=O) groups excluding carboxylic acids is 1. The number of rotatable bonds is 4. The number of halogens is 2. The van der Waals surface area contributed by atoms with Gasteiger partial charge in [0.25, 0.3) is 0 Å². The monoisotopic (exact) mass is 454 g/mol. The normalized spacial score (nSPS) is 29.5. The van der Waals surface area contributed by atoms with Gasteiger partial charge in [-0.15, -0.1) is 0 Å². The summed E-state index contributed by atoms with van der Waals surface area (Å²) in [5.74, 6) is 1.84. The molecule has 2 fully saturated rings. The van der Waals surface area contributed by atoms with Crippen LogP contribution in [0.15, 0.2) is 42.0 Å². The van der Waals surface area contributed by atoms with Gasteiger partial charge in [-0.25, -0.2) is 0 Å². The second-order valence-corrected chi connectivity index (χ2v) is 9.75. The van der Waals surface area contributed by atoms with Crippen molar-refractivity contribution in [3.8, 4) is 17.2 Å². The van der Waals surface area contributed by atoms with E-state index < -0.39 is 6.61 Å². The SMILES string of the molecule is COc1cc(C=C2CC3C4CCc5cc(O)ccc5C4CCC3(C)C2=O)ccc1OC(F)F. The van der Waals surface area contributed by atoms with E-state index in [-0.39, 0.29) is 28.6 Å². The van der Waals surface area contributed by atoms with Crippen LogP contribution in [-0.2, 0) is 11.2 Å². The van der Waals surface area contributed by atoms with Gasteiger partial charge in [-0.2, -0.15) is 8.78 Å². The molecule has 174 valence electrons. The van der Waals surface area contributed by atoms with Crippen molar-refractivity contribution >= 4 is 11.9 Å². The molecule has 4 atom stereocenters. The van der Waals surface area contributed by atoms with E-state index >= 15 is 0 Å². The van der Waals surface area contributed by atoms with Crippen molar-refractivity contribution in [2.75, 3.05) is 7.11 Å². The number of aromatic hydroxyl groups is 1. The minimum absolute atomic E-state index is 0.0252. The molecule has 2 aromatic carbocycles. The molecule has 0 amide bonds. The highest BCUT2D eigenvalue weighted by Gasteiger charge is 2.56. The number of aryl methyl sites for hydroxylation is 1. The van der Waals surface area contributed by atoms with Crippen LogP contribution in [0.5, 0.6) is 17.2 Å². The number of hydrogen-bond donors (Lipinski definition) is 1. The maximum atomic E-state index is 13.5. The van der Waals surface area contributed by atoms with Crippen LogP contribution >= 0.6 is 0 Å². The number of ether oxygens (including phenoxy) is 2. The van der Waals surface area contributed by atoms with Gasteiger partial charge in [-0.3, -0.25) is 4.79 Å². The molecule has 2 aromatic rings. The highest BCUT2D eigenvalue weighted by Crippen LogP contribution is 2.61. The lowest BCUT2D eigenvalue weighted by Crippen LogP contribution is -2.42. The number of alkyl halides is 2. The molecule has 0 bridgehead atoms. The largest absolute Gasteiger partial charge is 0.508 e. The zero-order chi connectivity index (χ0) is 23.3. The van der Waals surface area contributed by atoms with E-state index in [2.05, 4.69) is 17.7 Å². The van der Waals surface area contributed by atoms with Crippen molar-refractivity contribution in [2.24, 2.45) is 17.3 Å². The summed E-state index contributed by atoms with van der Waals surface area (Å²) in [6.45, 7) is -0.816. The summed E-state index contributed by atoms with van der Waals surface area (Å²) in [7, 11) is 1.40. The van der Waals surface area contributed by atoms with Crippen molar-refractivity contribution < 1.29 is 28.2 Å². The summed E-state index contributed by atoms with van der Waals surface area (Å²) >= 11 is 0. The summed E-state index contributed by atoms with van der Waals surface area (Å²) in [6.07, 6.45) is 6.37. The fourth-order valence-electron chi connectivity index (χ4n) is 6.54. The van der Waals surface area contributed by atoms with Crippen molar-refractivity contribution in [3.63, 3.8) is 0 Å². The predicted molar refractivity (Wildman–Crippen MR) is 121 cm³/mol. The maximum absolute atomic E-state index is 13.5. The molecule has 33 heavy (non-hydrogen) atoms. The molecule has 0 aliphatic heterocycles. The Morgan fingerprint density at radius 1 is 1.15 bits per heavy atom. The topological polar surface area (TPSA) is 55.8 Å². The van der Waals surface area contributed by atoms with E-state index in [0.29, 0.717) is 17.6 Å². The van der Waals surface area contributed by atoms with Gasteiger partial charge in [0.1, 0.15) is 5.75 Å². The number of benzene rings is 2. The fourth-order valence-corrected chi connectivity index (χ4v) is 6.54. The van der Waals surface area contributed by atoms with E-state index in [1.165, 1.54) is 24.3 Å². The van der Waals surface area contributed by atoms with Gasteiger partial charge in [0, 0.05) is 5.41 Å². The highest BCUT2D eigenvalue weighted by atomic mass is 19.3. The molecule has 5 rings (SSSR count). The van der Waals surface area contributed by atoms with E-state index in [1.807, 2.05) is 12.1 Å². The Balaban J connectivity index is 1.44. The number of phenols is 1. The number of phenolic OH excluding ortho intramolecular Hbond substituents is 1. The molecule has 0 heterocycles. The number of allylic oxidation sites excluding steroid dienone is 1. The van der Waals surface area contributed by atoms with E-state index in [0.717, 1.165) is 43.2 Å². The van der Waals surface area contributed by atoms with Crippen LogP contribution in [0.4, 0.5) is 8.78 Å². The zero-order valence-electron chi connectivity index (χ0n) is 18.8. The Bertz CT molecular complexity index is 1130. The first-order valence-corrected chi connectivity index (χ1v) is 11.5. The highest BCUT2D eigenvalue weighted by molar-refractivity contribution is 6.06. The first kappa shape index (κ1) is 21.9. The lowest BCUT2D eigenvalue weighted by molar-refractivity contribution is -0.127. The zero-order valence-corrected chi connectivity index (χ0v) is 18.8. The standard InChI is InChI=1S/C27H28F2O4/c1-27-10-9-20-19-7-5-18(30)13-16(19)4-6-21(20)22(27)14-17(25(27)31)11-15-3-8-23(33-26(28)29)24(12-15)32-2/h3,5,7-8,11-13,20-22,26,30H,4,6,9-10,14H2,1-2H3. The van der Waals surface area contributed by atoms with Crippen LogP contribution in [0.25, 0.3) is 6.08 Å². The predicted octanol–water partition coefficient (Wildman–Crippen LogP) is 6.12. The Morgan fingerprint density at radius 2 is 1.97 bits per heavy atom. The number of methoxy groups -OCH3 is 1. The number of carbonyl (C=O) groups is 1. The third-order valence-corrected chi connectivity index (χ3v) is 8.09. The summed E-state index contributed by atoms with van der Waals surface area (Å²) < 4.78 is 35.0. The summed E-state index contributed by atoms with van der Waals surface area (Å²) in [4.78, 5) is 13.5. The van der Waals surface area contributed by atoms with Crippen LogP contribution in [-0.4, -0.2) is 24.6 Å². The molecule has 0 saturated heterocycles. The van der Waals surface area contributed by atoms with Crippen molar-refractivity contribution in [2.45, 2.75) is 51.6 Å². The van der Waals surface area contributed by atoms with Gasteiger partial charge >= 0.3 is 6.61 Å². The Kier molecular flexibility index (Phi) is 5.42. The Labute approximate surface area is 192 Å². The molecule has 1 N–H and O–H groups in total. The average molecular weight is 455 g/mol. The minimum Gasteiger partial charge on any atom is -0.508 e. The second kappa shape index (κ2) is 8.15. The van der Waals surface area contributed by atoms with Gasteiger partial charge in [0.05, 0.1) is 7.11 Å². The number of Topliss-reactive ketones (excluding diaryl/α,β-unsaturated/α-hetero) is 1. The molecule has 2 saturated carbocycles. The quantitative estimate of drug-likeness (QED) is 0.566. The minimum atomic E-state index is -2.93. The molecular formula is C27H28F2O4. The first-order valence-electron chi connectivity index (χ1n) is 11.5. The van der Waals surface area contributed by atoms with Gasteiger partial charge in [0.2, 0.25) is 0 Å². The number of fused-ring (bicyclic) bond motifs is 5. The van der Waals surface area contributed by atoms with Crippen molar-refractivity contribution in [1.82, 2.24) is 0 Å². The molecule has 4 nitrogen and oxygen atoms in total.